The van der Waals surface area contributed by atoms with E-state index < -0.39 is 10.0 Å². The Morgan fingerprint density at radius 1 is 1.29 bits per heavy atom. The molecule has 1 fully saturated rings. The molecule has 14 heavy (non-hydrogen) atoms. The first-order valence-corrected chi connectivity index (χ1v) is 6.60. The summed E-state index contributed by atoms with van der Waals surface area (Å²) in [6, 6.07) is 0. The molecule has 5 heteroatoms. The molecule has 0 bridgehead atoms. The van der Waals surface area contributed by atoms with Crippen molar-refractivity contribution in [1.82, 2.24) is 4.72 Å². The first-order chi connectivity index (χ1) is 6.49. The van der Waals surface area contributed by atoms with Crippen LogP contribution in [0, 0.1) is 11.8 Å². The monoisotopic (exact) mass is 221 g/mol. The van der Waals surface area contributed by atoms with Crippen molar-refractivity contribution in [3.63, 3.8) is 0 Å². The lowest BCUT2D eigenvalue weighted by Crippen LogP contribution is -2.47. The van der Waals surface area contributed by atoms with Crippen LogP contribution in [0.1, 0.15) is 20.8 Å². The lowest BCUT2D eigenvalue weighted by molar-refractivity contribution is 0.0300. The summed E-state index contributed by atoms with van der Waals surface area (Å²) in [7, 11) is -3.16. The fourth-order valence-corrected chi connectivity index (χ4v) is 4.07. The van der Waals surface area contributed by atoms with E-state index in [0.717, 1.165) is 0 Å². The van der Waals surface area contributed by atoms with Crippen LogP contribution in [-0.2, 0) is 14.8 Å². The standard InChI is InChI=1S/C9H19NO3S/c1-4-10-14(11,12)9-7(2)5-13-6-8(9)3/h7-10H,4-6H2,1-3H3/t7-,8+,9?. The van der Waals surface area contributed by atoms with E-state index in [1.54, 1.807) is 6.92 Å². The van der Waals surface area contributed by atoms with Crippen LogP contribution >= 0.6 is 0 Å². The Kier molecular flexibility index (Phi) is 3.92. The normalized spacial score (nSPS) is 34.4. The molecule has 1 heterocycles. The number of sulfonamides is 1. The molecular formula is C9H19NO3S. The average Bonchev–Trinajstić information content (AvgIpc) is 2.02. The predicted molar refractivity (Wildman–Crippen MR) is 55.5 cm³/mol. The summed E-state index contributed by atoms with van der Waals surface area (Å²) in [5.41, 5.74) is 0. The highest BCUT2D eigenvalue weighted by atomic mass is 32.2. The summed E-state index contributed by atoms with van der Waals surface area (Å²) in [5.74, 6) is 0.144. The maximum Gasteiger partial charge on any atom is 0.215 e. The van der Waals surface area contributed by atoms with E-state index in [0.29, 0.717) is 19.8 Å². The van der Waals surface area contributed by atoms with Gasteiger partial charge in [0.15, 0.2) is 0 Å². The largest absolute Gasteiger partial charge is 0.381 e. The lowest BCUT2D eigenvalue weighted by atomic mass is 9.95. The summed E-state index contributed by atoms with van der Waals surface area (Å²) in [6.07, 6.45) is 0. The van der Waals surface area contributed by atoms with Gasteiger partial charge in [-0.05, 0) is 11.8 Å². The molecule has 0 amide bonds. The highest BCUT2D eigenvalue weighted by Crippen LogP contribution is 2.25. The third-order valence-corrected chi connectivity index (χ3v) is 4.92. The molecular weight excluding hydrogens is 202 g/mol. The zero-order valence-corrected chi connectivity index (χ0v) is 9.80. The molecule has 1 aliphatic heterocycles. The van der Waals surface area contributed by atoms with Gasteiger partial charge < -0.3 is 4.74 Å². The highest BCUT2D eigenvalue weighted by molar-refractivity contribution is 7.90. The van der Waals surface area contributed by atoms with Crippen LogP contribution in [-0.4, -0.2) is 33.4 Å². The van der Waals surface area contributed by atoms with Crippen LogP contribution in [0.25, 0.3) is 0 Å². The van der Waals surface area contributed by atoms with Crippen LogP contribution in [0.15, 0.2) is 0 Å². The van der Waals surface area contributed by atoms with Crippen LogP contribution in [0.3, 0.4) is 0 Å². The second-order valence-electron chi connectivity index (χ2n) is 4.00. The van der Waals surface area contributed by atoms with E-state index in [9.17, 15) is 8.42 Å². The number of hydrogen-bond acceptors (Lipinski definition) is 3. The molecule has 1 unspecified atom stereocenters. The molecule has 0 aromatic heterocycles. The Hall–Kier alpha value is -0.130. The van der Waals surface area contributed by atoms with Crippen molar-refractivity contribution in [2.45, 2.75) is 26.0 Å². The van der Waals surface area contributed by atoms with E-state index in [4.69, 9.17) is 4.74 Å². The Bertz CT molecular complexity index is 266. The SMILES string of the molecule is CCNS(=O)(=O)C1[C@H](C)COC[C@@H]1C. The van der Waals surface area contributed by atoms with Gasteiger partial charge in [0, 0.05) is 6.54 Å². The lowest BCUT2D eigenvalue weighted by Gasteiger charge is -2.33. The molecule has 0 saturated carbocycles. The van der Waals surface area contributed by atoms with Gasteiger partial charge in [-0.3, -0.25) is 0 Å². The zero-order valence-electron chi connectivity index (χ0n) is 8.99. The zero-order chi connectivity index (χ0) is 10.8. The van der Waals surface area contributed by atoms with Gasteiger partial charge >= 0.3 is 0 Å². The first kappa shape index (κ1) is 11.9. The maximum absolute atomic E-state index is 11.8. The Morgan fingerprint density at radius 3 is 2.21 bits per heavy atom. The Labute approximate surface area is 86.1 Å². The van der Waals surface area contributed by atoms with Crippen LogP contribution < -0.4 is 4.72 Å². The molecule has 84 valence electrons. The minimum Gasteiger partial charge on any atom is -0.381 e. The van der Waals surface area contributed by atoms with Crippen molar-refractivity contribution in [2.24, 2.45) is 11.8 Å². The second-order valence-corrected chi connectivity index (χ2v) is 5.92. The van der Waals surface area contributed by atoms with Gasteiger partial charge in [-0.1, -0.05) is 20.8 Å². The van der Waals surface area contributed by atoms with Gasteiger partial charge in [0.1, 0.15) is 0 Å². The van der Waals surface area contributed by atoms with Gasteiger partial charge in [-0.25, -0.2) is 13.1 Å². The molecule has 0 aliphatic carbocycles. The number of rotatable bonds is 3. The van der Waals surface area contributed by atoms with Crippen molar-refractivity contribution in [2.75, 3.05) is 19.8 Å². The van der Waals surface area contributed by atoms with Crippen molar-refractivity contribution < 1.29 is 13.2 Å². The maximum atomic E-state index is 11.8. The molecule has 0 spiro atoms. The van der Waals surface area contributed by atoms with Crippen LogP contribution in [0.2, 0.25) is 0 Å². The minimum atomic E-state index is -3.16. The molecule has 4 nitrogen and oxygen atoms in total. The molecule has 0 aromatic rings. The quantitative estimate of drug-likeness (QED) is 0.759. The summed E-state index contributed by atoms with van der Waals surface area (Å²) >= 11 is 0. The fraction of sp³-hybridized carbons (Fsp3) is 1.00. The van der Waals surface area contributed by atoms with Crippen LogP contribution in [0.4, 0.5) is 0 Å². The number of hydrogen-bond donors (Lipinski definition) is 1. The molecule has 1 rings (SSSR count). The van der Waals surface area contributed by atoms with Crippen molar-refractivity contribution in [3.8, 4) is 0 Å². The molecule has 0 aromatic carbocycles. The third-order valence-electron chi connectivity index (χ3n) is 2.59. The van der Waals surface area contributed by atoms with Crippen LogP contribution in [0.5, 0.6) is 0 Å². The molecule has 1 aliphatic rings. The summed E-state index contributed by atoms with van der Waals surface area (Å²) in [5, 5.41) is -0.309. The Balaban J connectivity index is 2.82. The van der Waals surface area contributed by atoms with E-state index in [1.165, 1.54) is 0 Å². The fourth-order valence-electron chi connectivity index (χ4n) is 2.10. The van der Waals surface area contributed by atoms with Crippen molar-refractivity contribution in [1.29, 1.82) is 0 Å². The van der Waals surface area contributed by atoms with E-state index in [1.807, 2.05) is 13.8 Å². The minimum absolute atomic E-state index is 0.0720. The van der Waals surface area contributed by atoms with Gasteiger partial charge in [-0.15, -0.1) is 0 Å². The van der Waals surface area contributed by atoms with Gasteiger partial charge in [0.05, 0.1) is 18.5 Å². The highest BCUT2D eigenvalue weighted by Gasteiger charge is 2.38. The number of nitrogens with one attached hydrogen (secondary N) is 1. The predicted octanol–water partition coefficient (Wildman–Crippen LogP) is 0.597. The summed E-state index contributed by atoms with van der Waals surface area (Å²) in [4.78, 5) is 0. The second kappa shape index (κ2) is 4.59. The number of ether oxygens (including phenoxy) is 1. The smallest absolute Gasteiger partial charge is 0.215 e. The van der Waals surface area contributed by atoms with Gasteiger partial charge in [0.25, 0.3) is 0 Å². The summed E-state index contributed by atoms with van der Waals surface area (Å²) < 4.78 is 31.6. The Morgan fingerprint density at radius 2 is 1.79 bits per heavy atom. The van der Waals surface area contributed by atoms with E-state index in [-0.39, 0.29) is 17.1 Å². The molecule has 3 atom stereocenters. The molecule has 1 N–H and O–H groups in total. The van der Waals surface area contributed by atoms with Crippen molar-refractivity contribution in [3.05, 3.63) is 0 Å². The molecule has 0 radical (unpaired) electrons. The summed E-state index contributed by atoms with van der Waals surface area (Å²) in [6.45, 7) is 7.19. The van der Waals surface area contributed by atoms with E-state index >= 15 is 0 Å². The topological polar surface area (TPSA) is 55.4 Å². The third kappa shape index (κ3) is 2.46. The van der Waals surface area contributed by atoms with Gasteiger partial charge in [-0.2, -0.15) is 0 Å². The van der Waals surface area contributed by atoms with Crippen molar-refractivity contribution >= 4 is 10.0 Å². The van der Waals surface area contributed by atoms with E-state index in [2.05, 4.69) is 4.72 Å². The van der Waals surface area contributed by atoms with Gasteiger partial charge in [0.2, 0.25) is 10.0 Å². The first-order valence-electron chi connectivity index (χ1n) is 5.05. The molecule has 1 saturated heterocycles. The average molecular weight is 221 g/mol.